The molecule has 5 rings (SSSR count). The highest BCUT2D eigenvalue weighted by Crippen LogP contribution is 2.52. The Kier molecular flexibility index (Phi) is 2.85. The lowest BCUT2D eigenvalue weighted by molar-refractivity contribution is -0.143. The van der Waals surface area contributed by atoms with Crippen molar-refractivity contribution in [2.45, 2.75) is 6.42 Å². The van der Waals surface area contributed by atoms with Crippen molar-refractivity contribution >= 4 is 34.4 Å². The van der Waals surface area contributed by atoms with Gasteiger partial charge in [-0.1, -0.05) is 18.2 Å². The lowest BCUT2D eigenvalue weighted by Crippen LogP contribution is -2.39. The number of carbonyl (C=O) groups excluding carboxylic acids is 3. The molecule has 0 spiro atoms. The first kappa shape index (κ1) is 14.3. The Labute approximate surface area is 141 Å². The Morgan fingerprint density at radius 2 is 1.88 bits per heavy atom. The molecule has 8 heteroatoms. The van der Waals surface area contributed by atoms with Gasteiger partial charge < -0.3 is 5.32 Å². The summed E-state index contributed by atoms with van der Waals surface area (Å²) in [6, 6.07) is 5.08. The maximum Gasteiger partial charge on any atom is 0.244 e. The minimum atomic E-state index is -0.447. The van der Waals surface area contributed by atoms with E-state index in [9.17, 15) is 14.4 Å². The lowest BCUT2D eigenvalue weighted by Gasteiger charge is -2.16. The average Bonchev–Trinajstić information content (AvgIpc) is 3.35. The summed E-state index contributed by atoms with van der Waals surface area (Å²) in [7, 11) is 0. The van der Waals surface area contributed by atoms with Crippen LogP contribution in [0.5, 0.6) is 0 Å². The van der Waals surface area contributed by atoms with Crippen LogP contribution in [0.1, 0.15) is 6.42 Å². The highest BCUT2D eigenvalue weighted by Gasteiger charge is 2.59. The van der Waals surface area contributed by atoms with Crippen LogP contribution >= 0.6 is 0 Å². The molecule has 1 N–H and O–H groups in total. The smallest absolute Gasteiger partial charge is 0.244 e. The summed E-state index contributed by atoms with van der Waals surface area (Å²) < 4.78 is 4.66. The topological polar surface area (TPSA) is 105 Å². The first-order valence-corrected chi connectivity index (χ1v) is 8.18. The monoisotopic (exact) mass is 338 g/mol. The minimum absolute atomic E-state index is 0.134. The summed E-state index contributed by atoms with van der Waals surface area (Å²) in [6.07, 6.45) is 4.92. The Morgan fingerprint density at radius 1 is 1.16 bits per heavy atom. The second kappa shape index (κ2) is 4.98. The number of anilines is 1. The van der Waals surface area contributed by atoms with Crippen LogP contribution in [0.25, 0.3) is 11.0 Å². The van der Waals surface area contributed by atoms with E-state index in [2.05, 4.69) is 20.3 Å². The molecule has 0 unspecified atom stereocenters. The van der Waals surface area contributed by atoms with Gasteiger partial charge in [0.2, 0.25) is 17.7 Å². The average molecular weight is 338 g/mol. The Bertz CT molecular complexity index is 919. The number of nitrogens with one attached hydrogen (secondary N) is 1. The Hall–Kier alpha value is -3.03. The summed E-state index contributed by atoms with van der Waals surface area (Å²) in [5, 5.41) is 10.1. The molecule has 1 aromatic carbocycles. The molecule has 2 heterocycles. The van der Waals surface area contributed by atoms with E-state index in [0.29, 0.717) is 16.7 Å². The third-order valence-corrected chi connectivity index (χ3v) is 5.42. The number of allylic oxidation sites excluding steroid dienone is 2. The molecule has 3 amide bonds. The van der Waals surface area contributed by atoms with Crippen LogP contribution in [0.3, 0.4) is 0 Å². The third kappa shape index (κ3) is 1.97. The molecule has 25 heavy (non-hydrogen) atoms. The van der Waals surface area contributed by atoms with Gasteiger partial charge in [0.15, 0.2) is 5.52 Å². The third-order valence-electron chi connectivity index (χ3n) is 5.42. The lowest BCUT2D eigenvalue weighted by atomic mass is 9.85. The SMILES string of the molecule is O=C(CN1C(=O)[C@@H]2[C@H](C1=O)[C@@H]1C=C[C@H]2C1)Nc1cccc2nonc12. The minimum Gasteiger partial charge on any atom is -0.322 e. The van der Waals surface area contributed by atoms with Crippen molar-refractivity contribution in [3.8, 4) is 0 Å². The number of fused-ring (bicyclic) bond motifs is 6. The molecule has 1 saturated heterocycles. The molecule has 1 saturated carbocycles. The van der Waals surface area contributed by atoms with Crippen molar-refractivity contribution in [3.05, 3.63) is 30.4 Å². The number of carbonyl (C=O) groups is 3. The zero-order valence-electron chi connectivity index (χ0n) is 13.1. The highest BCUT2D eigenvalue weighted by atomic mass is 16.6. The predicted molar refractivity (Wildman–Crippen MR) is 84.9 cm³/mol. The van der Waals surface area contributed by atoms with E-state index in [1.165, 1.54) is 0 Å². The Morgan fingerprint density at radius 3 is 2.60 bits per heavy atom. The predicted octanol–water partition coefficient (Wildman–Crippen LogP) is 0.968. The zero-order valence-corrected chi connectivity index (χ0v) is 13.1. The van der Waals surface area contributed by atoms with Crippen molar-refractivity contribution in [2.75, 3.05) is 11.9 Å². The quantitative estimate of drug-likeness (QED) is 0.660. The number of hydrogen-bond donors (Lipinski definition) is 1. The van der Waals surface area contributed by atoms with Gasteiger partial charge in [0.25, 0.3) is 0 Å². The van der Waals surface area contributed by atoms with Crippen molar-refractivity contribution in [2.24, 2.45) is 23.7 Å². The molecule has 3 aliphatic rings. The molecule has 2 fully saturated rings. The fraction of sp³-hybridized carbons (Fsp3) is 0.353. The van der Waals surface area contributed by atoms with Crippen LogP contribution < -0.4 is 5.32 Å². The van der Waals surface area contributed by atoms with Gasteiger partial charge in [-0.3, -0.25) is 19.3 Å². The molecular formula is C17H14N4O4. The van der Waals surface area contributed by atoms with Gasteiger partial charge >= 0.3 is 0 Å². The second-order valence-corrected chi connectivity index (χ2v) is 6.75. The van der Waals surface area contributed by atoms with E-state index in [0.717, 1.165) is 11.3 Å². The zero-order chi connectivity index (χ0) is 17.1. The van der Waals surface area contributed by atoms with Crippen LogP contribution in [0.4, 0.5) is 5.69 Å². The van der Waals surface area contributed by atoms with Gasteiger partial charge in [-0.15, -0.1) is 0 Å². The fourth-order valence-electron chi connectivity index (χ4n) is 4.36. The number of likely N-dealkylation sites (tertiary alicyclic amines) is 1. The van der Waals surface area contributed by atoms with Gasteiger partial charge in [0.05, 0.1) is 17.5 Å². The first-order valence-electron chi connectivity index (χ1n) is 8.18. The van der Waals surface area contributed by atoms with Crippen LogP contribution in [0.15, 0.2) is 35.0 Å². The fourth-order valence-corrected chi connectivity index (χ4v) is 4.36. The molecule has 1 aliphatic heterocycles. The van der Waals surface area contributed by atoms with Gasteiger partial charge in [0.1, 0.15) is 12.1 Å². The number of aromatic nitrogens is 2. The molecule has 0 radical (unpaired) electrons. The molecule has 2 bridgehead atoms. The molecule has 1 aromatic heterocycles. The van der Waals surface area contributed by atoms with Crippen molar-refractivity contribution in [3.63, 3.8) is 0 Å². The van der Waals surface area contributed by atoms with Crippen molar-refractivity contribution in [1.29, 1.82) is 0 Å². The normalized spacial score (nSPS) is 29.7. The van der Waals surface area contributed by atoms with Gasteiger partial charge in [-0.25, -0.2) is 4.63 Å². The molecular weight excluding hydrogens is 324 g/mol. The van der Waals surface area contributed by atoms with Crippen LogP contribution in [-0.4, -0.2) is 39.5 Å². The summed E-state index contributed by atoms with van der Waals surface area (Å²) >= 11 is 0. The maximum atomic E-state index is 12.6. The summed E-state index contributed by atoms with van der Waals surface area (Å²) in [5.41, 5.74) is 1.38. The van der Waals surface area contributed by atoms with Gasteiger partial charge in [-0.2, -0.15) is 0 Å². The van der Waals surface area contributed by atoms with Gasteiger partial charge in [-0.05, 0) is 40.7 Å². The number of imide groups is 1. The van der Waals surface area contributed by atoms with E-state index < -0.39 is 5.91 Å². The second-order valence-electron chi connectivity index (χ2n) is 6.75. The number of nitrogens with zero attached hydrogens (tertiary/aromatic N) is 3. The van der Waals surface area contributed by atoms with Crippen LogP contribution in [-0.2, 0) is 14.4 Å². The Balaban J connectivity index is 1.34. The number of hydrogen-bond acceptors (Lipinski definition) is 6. The van der Waals surface area contributed by atoms with Crippen molar-refractivity contribution in [1.82, 2.24) is 15.2 Å². The number of amides is 3. The summed E-state index contributed by atoms with van der Waals surface area (Å²) in [4.78, 5) is 38.7. The van der Waals surface area contributed by atoms with Crippen molar-refractivity contribution < 1.29 is 19.0 Å². The number of benzene rings is 1. The van der Waals surface area contributed by atoms with E-state index in [1.807, 2.05) is 12.2 Å². The highest BCUT2D eigenvalue weighted by molar-refractivity contribution is 6.10. The van der Waals surface area contributed by atoms with Crippen LogP contribution in [0, 0.1) is 23.7 Å². The molecule has 2 aromatic rings. The standard InChI is InChI=1S/C17H14N4O4/c22-12(18-10-2-1-3-11-15(10)20-25-19-11)7-21-16(23)13-8-4-5-9(6-8)14(13)17(21)24/h1-5,8-9,13-14H,6-7H2,(H,18,22)/t8-,9+,13-,14+. The first-order chi connectivity index (χ1) is 12.1. The maximum absolute atomic E-state index is 12.6. The van der Waals surface area contributed by atoms with Crippen LogP contribution in [0.2, 0.25) is 0 Å². The van der Waals surface area contributed by atoms with Gasteiger partial charge in [0, 0.05) is 0 Å². The van der Waals surface area contributed by atoms with E-state index >= 15 is 0 Å². The summed E-state index contributed by atoms with van der Waals surface area (Å²) in [5.74, 6) is -1.23. The molecule has 4 atom stereocenters. The van der Waals surface area contributed by atoms with E-state index in [1.54, 1.807) is 18.2 Å². The number of rotatable bonds is 3. The van der Waals surface area contributed by atoms with E-state index in [4.69, 9.17) is 0 Å². The largest absolute Gasteiger partial charge is 0.322 e. The molecule has 2 aliphatic carbocycles. The molecule has 126 valence electrons. The summed E-state index contributed by atoms with van der Waals surface area (Å²) in [6.45, 7) is -0.286. The molecule has 8 nitrogen and oxygen atoms in total. The van der Waals surface area contributed by atoms with E-state index in [-0.39, 0.29) is 42.0 Å².